The van der Waals surface area contributed by atoms with Crippen LogP contribution in [-0.4, -0.2) is 34.6 Å². The van der Waals surface area contributed by atoms with Gasteiger partial charge in [0, 0.05) is 0 Å². The lowest BCUT2D eigenvalue weighted by atomic mass is 10.1. The van der Waals surface area contributed by atoms with Gasteiger partial charge in [0.25, 0.3) is 0 Å². The van der Waals surface area contributed by atoms with Gasteiger partial charge in [-0.1, -0.05) is 24.9 Å². The molecule has 1 aromatic heterocycles. The first-order valence-electron chi connectivity index (χ1n) is 7.29. The number of carbonyl (C=O) groups excluding carboxylic acids is 1. The predicted molar refractivity (Wildman–Crippen MR) is 83.1 cm³/mol. The van der Waals surface area contributed by atoms with Crippen LogP contribution in [0.2, 0.25) is 5.02 Å². The van der Waals surface area contributed by atoms with Crippen LogP contribution in [0, 0.1) is 5.82 Å². The molecule has 0 spiro atoms. The molecule has 1 N–H and O–H groups in total. The molecule has 23 heavy (non-hydrogen) atoms. The van der Waals surface area contributed by atoms with Gasteiger partial charge in [0.05, 0.1) is 23.8 Å². The fourth-order valence-electron chi connectivity index (χ4n) is 1.94. The smallest absolute Gasteiger partial charge is 0.361 e. The number of hydrogen-bond donors (Lipinski definition) is 1. The summed E-state index contributed by atoms with van der Waals surface area (Å²) in [5.74, 6) is -1.34. The molecule has 0 aliphatic carbocycles. The summed E-state index contributed by atoms with van der Waals surface area (Å²) in [5.41, 5.74) is -0.178. The number of aromatic nitrogens is 3. The van der Waals surface area contributed by atoms with E-state index < -0.39 is 11.8 Å². The van der Waals surface area contributed by atoms with Gasteiger partial charge in [-0.05, 0) is 25.5 Å². The molecule has 0 saturated heterocycles. The second-order valence-corrected chi connectivity index (χ2v) is 5.09. The zero-order valence-electron chi connectivity index (χ0n) is 12.9. The van der Waals surface area contributed by atoms with Crippen LogP contribution in [-0.2, 0) is 4.74 Å². The SMILES string of the molecule is CCCCOc1ccc(Cl)c(-c2n[nH]nc2C(=O)OCC)c1F. The van der Waals surface area contributed by atoms with E-state index in [0.29, 0.717) is 6.61 Å². The standard InChI is InChI=1S/C15H17ClFN3O3/c1-3-5-8-23-10-7-6-9(16)11(12(10)17)13-14(19-20-18-13)15(21)22-4-2/h6-7H,3-5,8H2,1-2H3,(H,18,19,20). The average molecular weight is 342 g/mol. The van der Waals surface area contributed by atoms with Gasteiger partial charge < -0.3 is 9.47 Å². The number of benzene rings is 1. The molecule has 0 aliphatic rings. The number of unbranched alkanes of at least 4 members (excludes halogenated alkanes) is 1. The first-order chi connectivity index (χ1) is 11.1. The molecule has 0 aliphatic heterocycles. The highest BCUT2D eigenvalue weighted by molar-refractivity contribution is 6.33. The predicted octanol–water partition coefficient (Wildman–Crippen LogP) is 3.62. The Balaban J connectivity index is 2.41. The Kier molecular flexibility index (Phi) is 5.92. The molecule has 2 rings (SSSR count). The molecule has 0 atom stereocenters. The number of nitrogens with zero attached hydrogens (tertiary/aromatic N) is 2. The number of rotatable bonds is 7. The molecule has 6 nitrogen and oxygen atoms in total. The molecule has 2 aromatic rings. The van der Waals surface area contributed by atoms with Gasteiger partial charge in [-0.3, -0.25) is 0 Å². The molecule has 0 saturated carbocycles. The molecule has 1 heterocycles. The molecule has 1 aromatic carbocycles. The first-order valence-corrected chi connectivity index (χ1v) is 7.66. The Morgan fingerprint density at radius 1 is 1.35 bits per heavy atom. The summed E-state index contributed by atoms with van der Waals surface area (Å²) in [4.78, 5) is 11.9. The van der Waals surface area contributed by atoms with Crippen LogP contribution in [0.1, 0.15) is 37.2 Å². The monoisotopic (exact) mass is 341 g/mol. The number of aromatic amines is 1. The number of carbonyl (C=O) groups is 1. The minimum Gasteiger partial charge on any atom is -0.490 e. The lowest BCUT2D eigenvalue weighted by Gasteiger charge is -2.11. The quantitative estimate of drug-likeness (QED) is 0.614. The van der Waals surface area contributed by atoms with Crippen molar-refractivity contribution in [3.05, 3.63) is 28.7 Å². The van der Waals surface area contributed by atoms with Crippen LogP contribution in [0.15, 0.2) is 12.1 Å². The van der Waals surface area contributed by atoms with Crippen LogP contribution in [0.4, 0.5) is 4.39 Å². The molecule has 8 heteroatoms. The van der Waals surface area contributed by atoms with E-state index in [0.717, 1.165) is 12.8 Å². The highest BCUT2D eigenvalue weighted by atomic mass is 35.5. The van der Waals surface area contributed by atoms with Crippen molar-refractivity contribution in [1.82, 2.24) is 15.4 Å². The molecule has 0 unspecified atom stereocenters. The van der Waals surface area contributed by atoms with Crippen LogP contribution >= 0.6 is 11.6 Å². The van der Waals surface area contributed by atoms with Crippen molar-refractivity contribution in [3.8, 4) is 17.0 Å². The molecular formula is C15H17ClFN3O3. The second kappa shape index (κ2) is 7.92. The van der Waals surface area contributed by atoms with E-state index in [1.807, 2.05) is 6.92 Å². The summed E-state index contributed by atoms with van der Waals surface area (Å²) < 4.78 is 25.0. The lowest BCUT2D eigenvalue weighted by molar-refractivity contribution is 0.0520. The number of hydrogen-bond acceptors (Lipinski definition) is 5. The van der Waals surface area contributed by atoms with E-state index in [-0.39, 0.29) is 34.3 Å². The molecular weight excluding hydrogens is 325 g/mol. The van der Waals surface area contributed by atoms with Gasteiger partial charge >= 0.3 is 5.97 Å². The highest BCUT2D eigenvalue weighted by Gasteiger charge is 2.25. The van der Waals surface area contributed by atoms with Gasteiger partial charge in [-0.2, -0.15) is 10.3 Å². The third kappa shape index (κ3) is 3.79. The van der Waals surface area contributed by atoms with E-state index >= 15 is 0 Å². The Morgan fingerprint density at radius 3 is 2.83 bits per heavy atom. The molecule has 0 radical (unpaired) electrons. The number of H-pyrrole nitrogens is 1. The zero-order chi connectivity index (χ0) is 16.8. The van der Waals surface area contributed by atoms with Crippen LogP contribution in [0.25, 0.3) is 11.3 Å². The van der Waals surface area contributed by atoms with Crippen molar-refractivity contribution < 1.29 is 18.7 Å². The van der Waals surface area contributed by atoms with E-state index in [9.17, 15) is 9.18 Å². The van der Waals surface area contributed by atoms with Crippen LogP contribution in [0.3, 0.4) is 0 Å². The Labute approximate surface area is 137 Å². The maximum atomic E-state index is 14.7. The summed E-state index contributed by atoms with van der Waals surface area (Å²) in [5, 5.41) is 9.95. The summed E-state index contributed by atoms with van der Waals surface area (Å²) >= 11 is 6.08. The summed E-state index contributed by atoms with van der Waals surface area (Å²) in [6.45, 7) is 4.22. The normalized spacial score (nSPS) is 10.6. The van der Waals surface area contributed by atoms with E-state index in [2.05, 4.69) is 15.4 Å². The van der Waals surface area contributed by atoms with Gasteiger partial charge in [-0.25, -0.2) is 9.18 Å². The summed E-state index contributed by atoms with van der Waals surface area (Å²) in [6.07, 6.45) is 1.73. The number of ether oxygens (including phenoxy) is 2. The molecule has 124 valence electrons. The largest absolute Gasteiger partial charge is 0.490 e. The third-order valence-corrected chi connectivity index (χ3v) is 3.38. The Hall–Kier alpha value is -2.15. The second-order valence-electron chi connectivity index (χ2n) is 4.68. The van der Waals surface area contributed by atoms with Crippen molar-refractivity contribution in [2.75, 3.05) is 13.2 Å². The van der Waals surface area contributed by atoms with Crippen LogP contribution < -0.4 is 4.74 Å². The van der Waals surface area contributed by atoms with Gasteiger partial charge in [0.1, 0.15) is 5.69 Å². The first kappa shape index (κ1) is 17.2. The van der Waals surface area contributed by atoms with Crippen molar-refractivity contribution in [1.29, 1.82) is 0 Å². The average Bonchev–Trinajstić information content (AvgIpc) is 2.99. The minimum absolute atomic E-state index is 0.00751. The van der Waals surface area contributed by atoms with Crippen molar-refractivity contribution in [2.24, 2.45) is 0 Å². The Morgan fingerprint density at radius 2 is 2.13 bits per heavy atom. The third-order valence-electron chi connectivity index (χ3n) is 3.06. The fourth-order valence-corrected chi connectivity index (χ4v) is 2.17. The van der Waals surface area contributed by atoms with Crippen LogP contribution in [0.5, 0.6) is 5.75 Å². The van der Waals surface area contributed by atoms with Gasteiger partial charge in [0.15, 0.2) is 17.3 Å². The topological polar surface area (TPSA) is 77.1 Å². The van der Waals surface area contributed by atoms with Crippen molar-refractivity contribution in [3.63, 3.8) is 0 Å². The van der Waals surface area contributed by atoms with Crippen molar-refractivity contribution >= 4 is 17.6 Å². The fraction of sp³-hybridized carbons (Fsp3) is 0.400. The number of nitrogens with one attached hydrogen (secondary N) is 1. The zero-order valence-corrected chi connectivity index (χ0v) is 13.6. The summed E-state index contributed by atoms with van der Waals surface area (Å²) in [6, 6.07) is 2.94. The number of halogens is 2. The van der Waals surface area contributed by atoms with E-state index in [1.165, 1.54) is 12.1 Å². The number of esters is 1. The Bertz CT molecular complexity index is 691. The summed E-state index contributed by atoms with van der Waals surface area (Å²) in [7, 11) is 0. The lowest BCUT2D eigenvalue weighted by Crippen LogP contribution is -2.08. The van der Waals surface area contributed by atoms with Gasteiger partial charge in [0.2, 0.25) is 0 Å². The minimum atomic E-state index is -0.705. The molecule has 0 amide bonds. The van der Waals surface area contributed by atoms with E-state index in [1.54, 1.807) is 6.92 Å². The highest BCUT2D eigenvalue weighted by Crippen LogP contribution is 2.35. The van der Waals surface area contributed by atoms with Gasteiger partial charge in [-0.15, -0.1) is 5.10 Å². The van der Waals surface area contributed by atoms with E-state index in [4.69, 9.17) is 21.1 Å². The molecule has 0 fully saturated rings. The maximum Gasteiger partial charge on any atom is 0.361 e. The maximum absolute atomic E-state index is 14.7. The molecule has 0 bridgehead atoms. The van der Waals surface area contributed by atoms with Crippen molar-refractivity contribution in [2.45, 2.75) is 26.7 Å².